The summed E-state index contributed by atoms with van der Waals surface area (Å²) in [7, 11) is -9.99. The molecule has 0 fully saturated rings. The van der Waals surface area contributed by atoms with Crippen LogP contribution < -0.4 is 90.2 Å². The van der Waals surface area contributed by atoms with Crippen molar-refractivity contribution in [2.75, 3.05) is 39.5 Å². The fraction of sp³-hybridized carbons (Fsp3) is 0.945. The van der Waals surface area contributed by atoms with E-state index in [1.54, 1.807) is 0 Å². The van der Waals surface area contributed by atoms with Crippen LogP contribution in [0.5, 0.6) is 0 Å². The smallest absolute Gasteiger partial charge is 0.756 e. The Hall–Kier alpha value is -0.630. The Bertz CT molecular complexity index is 2070. The molecule has 0 aromatic rings. The molecule has 0 bridgehead atoms. The van der Waals surface area contributed by atoms with Gasteiger partial charge >= 0.3 is 77.1 Å². The average Bonchev–Trinajstić information content (AvgIpc) is 0.897. The number of hydrogen-bond donors (Lipinski definition) is 4. The first-order chi connectivity index (χ1) is 54.5. The molecule has 23 heteroatoms. The van der Waals surface area contributed by atoms with E-state index in [0.29, 0.717) is 38.5 Å². The second-order valence-electron chi connectivity index (χ2n) is 32.9. The van der Waals surface area contributed by atoms with Crippen LogP contribution in [0.1, 0.15) is 491 Å². The molecule has 0 aliphatic carbocycles. The van der Waals surface area contributed by atoms with Crippen LogP contribution in [0.15, 0.2) is 0 Å². The van der Waals surface area contributed by atoms with Crippen molar-refractivity contribution in [1.29, 1.82) is 0 Å². The summed E-state index contributed by atoms with van der Waals surface area (Å²) in [5, 5.41) is 11.0. The Labute approximate surface area is 745 Å². The van der Waals surface area contributed by atoms with Crippen LogP contribution in [-0.2, 0) is 55.9 Å². The Morgan fingerprint density at radius 3 is 0.711 bits per heavy atom. The predicted octanol–water partition coefficient (Wildman–Crippen LogP) is 19.5. The first-order valence-electron chi connectivity index (χ1n) is 47.7. The van der Waals surface area contributed by atoms with Crippen LogP contribution >= 0.6 is 15.6 Å². The van der Waals surface area contributed by atoms with Crippen LogP contribution in [0.2, 0.25) is 0 Å². The van der Waals surface area contributed by atoms with Gasteiger partial charge in [-0.2, -0.15) is 0 Å². The number of hydrogen-bond acceptors (Lipinski definition) is 15. The van der Waals surface area contributed by atoms with E-state index in [4.69, 9.17) is 27.6 Å². The number of carbonyl (C=O) groups excluding carboxylic acids is 5. The molecular weight excluding hydrogens is 1500 g/mol. The Balaban J connectivity index is -0.0000616. The number of amides is 4. The van der Waals surface area contributed by atoms with Gasteiger partial charge in [-0.15, -0.1) is 0 Å². The summed E-state index contributed by atoms with van der Waals surface area (Å²) in [5.74, 6) is -1.04. The number of ether oxygens (including phenoxy) is 2. The molecule has 0 rings (SSSR count). The standard InChI is InChI=1S/C91H180N4O15P2.2Na/c1-7-13-19-25-31-37-41-45-49-55-61-67-73-89(98)109-85(69-63-57-51-35-29-23-17-11-5)79-83(94-87(96)71-65-59-53-47-43-39-33-27-21-15-9-3)81-107-111(101,102)105-77-75-92-91(100)93-76-78-106-112(103,104)108-82-84(95-88(97)72-66-60-54-48-44-40-34-28-22-16-10-4)80-86(70-64-58-52-36-30-24-18-12-6)110-90(99)74-68-62-56-50-46-42-38-32-26-20-14-8-2;;/h83-86H,7-82H2,1-6H3,(H,94,96)(H,95,97)(H,101,102)(H,103,104)(H2,92,93,100);;/q;2*+1/p-2/t83-,84-,85?,86?;;/m1../s1. The van der Waals surface area contributed by atoms with Crippen molar-refractivity contribution in [2.45, 2.75) is 515 Å². The topological polar surface area (TPSA) is 269 Å². The molecule has 0 aliphatic rings. The molecule has 0 saturated heterocycles. The molecular formula is C91H178N4Na2O15P2. The van der Waals surface area contributed by atoms with Gasteiger partial charge in [-0.1, -0.05) is 401 Å². The second kappa shape index (κ2) is 90.1. The fourth-order valence-corrected chi connectivity index (χ4v) is 16.3. The Morgan fingerprint density at radius 2 is 0.482 bits per heavy atom. The van der Waals surface area contributed by atoms with Gasteiger partial charge in [-0.05, 0) is 51.4 Å². The van der Waals surface area contributed by atoms with Crippen molar-refractivity contribution < 1.29 is 130 Å². The third-order valence-electron chi connectivity index (χ3n) is 21.8. The van der Waals surface area contributed by atoms with Crippen molar-refractivity contribution in [1.82, 2.24) is 21.3 Å². The molecule has 6 atom stereocenters. The molecule has 4 amide bonds. The average molecular weight is 1680 g/mol. The molecule has 0 heterocycles. The van der Waals surface area contributed by atoms with E-state index in [2.05, 4.69) is 62.8 Å². The molecule has 664 valence electrons. The largest absolute Gasteiger partial charge is 1.00 e. The van der Waals surface area contributed by atoms with Crippen molar-refractivity contribution >= 4 is 45.4 Å². The zero-order chi connectivity index (χ0) is 82.0. The molecule has 0 radical (unpaired) electrons. The van der Waals surface area contributed by atoms with E-state index < -0.39 is 72.4 Å². The number of nitrogens with one attached hydrogen (secondary N) is 4. The summed E-state index contributed by atoms with van der Waals surface area (Å²) in [6.07, 6.45) is 72.6. The zero-order valence-electron chi connectivity index (χ0n) is 75.6. The van der Waals surface area contributed by atoms with Gasteiger partial charge in [0.15, 0.2) is 0 Å². The summed E-state index contributed by atoms with van der Waals surface area (Å²) in [4.78, 5) is 93.8. The minimum atomic E-state index is -5.00. The second-order valence-corrected chi connectivity index (χ2v) is 35.8. The van der Waals surface area contributed by atoms with Gasteiger partial charge in [0, 0.05) is 51.6 Å². The summed E-state index contributed by atoms with van der Waals surface area (Å²) in [6.45, 7) is 11.0. The number of carbonyl (C=O) groups is 5. The van der Waals surface area contributed by atoms with Gasteiger partial charge in [0.25, 0.3) is 15.6 Å². The number of urea groups is 1. The maximum Gasteiger partial charge on any atom is 1.00 e. The van der Waals surface area contributed by atoms with Crippen molar-refractivity contribution in [3.8, 4) is 0 Å². The Kier molecular flexibility index (Phi) is 92.9. The fourth-order valence-electron chi connectivity index (χ4n) is 14.8. The van der Waals surface area contributed by atoms with Crippen molar-refractivity contribution in [2.24, 2.45) is 0 Å². The maximum atomic E-state index is 13.6. The molecule has 0 aromatic carbocycles. The number of phosphoric ester groups is 2. The van der Waals surface area contributed by atoms with E-state index >= 15 is 0 Å². The molecule has 0 aliphatic heterocycles. The number of phosphoric acid groups is 2. The van der Waals surface area contributed by atoms with Gasteiger partial charge in [0.1, 0.15) is 12.2 Å². The summed E-state index contributed by atoms with van der Waals surface area (Å²) < 4.78 is 60.3. The van der Waals surface area contributed by atoms with Crippen LogP contribution in [0.3, 0.4) is 0 Å². The molecule has 0 aromatic heterocycles. The molecule has 0 saturated carbocycles. The van der Waals surface area contributed by atoms with Gasteiger partial charge in [-0.25, -0.2) is 4.79 Å². The maximum absolute atomic E-state index is 13.6. The van der Waals surface area contributed by atoms with Crippen LogP contribution in [0.4, 0.5) is 4.79 Å². The van der Waals surface area contributed by atoms with Crippen molar-refractivity contribution in [3.63, 3.8) is 0 Å². The first kappa shape index (κ1) is 118. The van der Waals surface area contributed by atoms with E-state index in [1.807, 2.05) is 0 Å². The van der Waals surface area contributed by atoms with Gasteiger partial charge in [-0.3, -0.25) is 28.3 Å². The van der Waals surface area contributed by atoms with Crippen LogP contribution in [0, 0.1) is 0 Å². The Morgan fingerprint density at radius 1 is 0.281 bits per heavy atom. The van der Waals surface area contributed by atoms with Crippen molar-refractivity contribution in [3.05, 3.63) is 0 Å². The normalized spacial score (nSPS) is 13.5. The molecule has 19 nitrogen and oxygen atoms in total. The van der Waals surface area contributed by atoms with Gasteiger partial charge < -0.3 is 58.6 Å². The first-order valence-corrected chi connectivity index (χ1v) is 50.6. The third-order valence-corrected chi connectivity index (χ3v) is 23.7. The number of rotatable bonds is 90. The number of esters is 2. The van der Waals surface area contributed by atoms with Gasteiger partial charge in [0.2, 0.25) is 11.8 Å². The summed E-state index contributed by atoms with van der Waals surface area (Å²) in [6, 6.07) is -2.36. The minimum absolute atomic E-state index is 0. The predicted molar refractivity (Wildman–Crippen MR) is 461 cm³/mol. The quantitative estimate of drug-likeness (QED) is 0.0191. The van der Waals surface area contributed by atoms with E-state index in [9.17, 15) is 42.9 Å². The monoisotopic (exact) mass is 1680 g/mol. The minimum Gasteiger partial charge on any atom is -0.756 e. The summed E-state index contributed by atoms with van der Waals surface area (Å²) >= 11 is 0. The SMILES string of the molecule is CCCCCCCCCCCCCCC(=O)OC(CCCCCCCCCC)C[C@H](COP(=O)([O-])OCCNC(=O)NCCOP(=O)([O-])OC[C@@H](CC(CCCCCCCCCC)OC(=O)CCCCCCCCCCCCCC)NC(=O)CCCCCCCCCCCCC)NC(=O)CCCCCCCCCCCCC.[Na+].[Na+]. The third kappa shape index (κ3) is 86.3. The van der Waals surface area contributed by atoms with Gasteiger partial charge in [0.05, 0.1) is 38.5 Å². The van der Waals surface area contributed by atoms with Crippen LogP contribution in [-0.4, -0.2) is 93.6 Å². The molecule has 4 unspecified atom stereocenters. The van der Waals surface area contributed by atoms with E-state index in [-0.39, 0.29) is 122 Å². The van der Waals surface area contributed by atoms with E-state index in [0.717, 1.165) is 141 Å². The molecule has 114 heavy (non-hydrogen) atoms. The van der Waals surface area contributed by atoms with Crippen LogP contribution in [0.25, 0.3) is 0 Å². The number of unbranched alkanes of at least 4 members (excludes halogenated alkanes) is 56. The van der Waals surface area contributed by atoms with E-state index in [1.165, 1.54) is 244 Å². The summed E-state index contributed by atoms with van der Waals surface area (Å²) in [5.41, 5.74) is 0. The molecule has 4 N–H and O–H groups in total. The zero-order valence-corrected chi connectivity index (χ0v) is 81.4. The molecule has 0 spiro atoms.